The van der Waals surface area contributed by atoms with Crippen molar-refractivity contribution in [2.45, 2.75) is 69.9 Å². The van der Waals surface area contributed by atoms with Crippen molar-refractivity contribution in [3.05, 3.63) is 35.5 Å². The first-order valence-electron chi connectivity index (χ1n) is 9.04. The number of fused-ring (bicyclic) bond motifs is 6. The molecule has 0 aliphatic carbocycles. The van der Waals surface area contributed by atoms with E-state index < -0.39 is 29.4 Å². The smallest absolute Gasteiger partial charge is 0.334 e. The standard InChI is InChI=1S/C20H28O5/c1-13-6-4-7-14(2)11-20(23)16-10-17(24-18(22)15(16)3)19(12-21,25-20)9-5-8-13/h7-8,16-17,21,23H,3-6,9-12H2,1-2H3/b13-8+,14-7+/t16-,17-,19+,20+/m1/s1. The largest absolute Gasteiger partial charge is 0.456 e. The molecule has 2 fully saturated rings. The summed E-state index contributed by atoms with van der Waals surface area (Å²) < 4.78 is 11.7. The van der Waals surface area contributed by atoms with Crippen molar-refractivity contribution in [2.24, 2.45) is 5.92 Å². The molecule has 2 N–H and O–H groups in total. The lowest BCUT2D eigenvalue weighted by atomic mass is 9.72. The number of aliphatic hydroxyl groups is 2. The Morgan fingerprint density at radius 1 is 1.28 bits per heavy atom. The average Bonchev–Trinajstić information content (AvgIpc) is 2.54. The summed E-state index contributed by atoms with van der Waals surface area (Å²) in [5.74, 6) is -2.56. The van der Waals surface area contributed by atoms with Gasteiger partial charge in [0.05, 0.1) is 6.61 Å². The number of aliphatic hydroxyl groups excluding tert-OH is 1. The first-order chi connectivity index (χ1) is 11.8. The Morgan fingerprint density at radius 2 is 2.00 bits per heavy atom. The first-order valence-corrected chi connectivity index (χ1v) is 9.04. The molecule has 4 atom stereocenters. The van der Waals surface area contributed by atoms with Crippen molar-refractivity contribution in [3.63, 3.8) is 0 Å². The maximum atomic E-state index is 12.3. The SMILES string of the molecule is C=C1C(=O)O[C@@H]2C[C@H]1[C@]1(O)C/C(C)=C/CC/C(C)=C/CC[C@@]2(CO)O1. The van der Waals surface area contributed by atoms with E-state index in [1.165, 1.54) is 5.57 Å². The quantitative estimate of drug-likeness (QED) is 0.433. The molecule has 5 heteroatoms. The first kappa shape index (κ1) is 18.4. The topological polar surface area (TPSA) is 76.0 Å². The maximum Gasteiger partial charge on any atom is 0.334 e. The fourth-order valence-electron chi connectivity index (χ4n) is 4.29. The van der Waals surface area contributed by atoms with Crippen LogP contribution in [0.4, 0.5) is 0 Å². The Bertz CT molecular complexity index is 634. The number of hydrogen-bond acceptors (Lipinski definition) is 5. The van der Waals surface area contributed by atoms with Crippen molar-refractivity contribution in [2.75, 3.05) is 6.61 Å². The van der Waals surface area contributed by atoms with Crippen LogP contribution >= 0.6 is 0 Å². The van der Waals surface area contributed by atoms with E-state index in [9.17, 15) is 15.0 Å². The van der Waals surface area contributed by atoms with E-state index in [-0.39, 0.29) is 12.2 Å². The van der Waals surface area contributed by atoms with Gasteiger partial charge in [0, 0.05) is 17.9 Å². The molecule has 0 spiro atoms. The van der Waals surface area contributed by atoms with Gasteiger partial charge in [0.2, 0.25) is 0 Å². The van der Waals surface area contributed by atoms with Crippen molar-refractivity contribution in [1.82, 2.24) is 0 Å². The number of allylic oxidation sites excluding steroid dienone is 3. The molecule has 0 aromatic heterocycles. The van der Waals surface area contributed by atoms with Crippen LogP contribution in [0, 0.1) is 5.92 Å². The van der Waals surface area contributed by atoms with Crippen LogP contribution in [0.5, 0.6) is 0 Å². The van der Waals surface area contributed by atoms with E-state index in [2.05, 4.69) is 25.7 Å². The Morgan fingerprint density at radius 3 is 2.72 bits per heavy atom. The molecule has 4 bridgehead atoms. The molecule has 0 amide bonds. The molecule has 5 nitrogen and oxygen atoms in total. The van der Waals surface area contributed by atoms with E-state index in [4.69, 9.17) is 9.47 Å². The summed E-state index contributed by atoms with van der Waals surface area (Å²) in [5.41, 5.74) is 1.46. The van der Waals surface area contributed by atoms with Gasteiger partial charge in [-0.1, -0.05) is 29.9 Å². The van der Waals surface area contributed by atoms with Crippen LogP contribution in [0.3, 0.4) is 0 Å². The van der Waals surface area contributed by atoms with Crippen LogP contribution in [0.2, 0.25) is 0 Å². The van der Waals surface area contributed by atoms with Crippen molar-refractivity contribution < 1.29 is 24.5 Å². The van der Waals surface area contributed by atoms with Crippen molar-refractivity contribution >= 4 is 5.97 Å². The third-order valence-electron chi connectivity index (χ3n) is 5.78. The van der Waals surface area contributed by atoms with E-state index in [1.807, 2.05) is 6.92 Å². The van der Waals surface area contributed by atoms with Crippen LogP contribution in [0.25, 0.3) is 0 Å². The van der Waals surface area contributed by atoms with Crippen LogP contribution < -0.4 is 0 Å². The molecule has 0 radical (unpaired) electrons. The number of ether oxygens (including phenoxy) is 2. The molecule has 25 heavy (non-hydrogen) atoms. The molecule has 3 heterocycles. The monoisotopic (exact) mass is 348 g/mol. The maximum absolute atomic E-state index is 12.3. The normalized spacial score (nSPS) is 43.7. The summed E-state index contributed by atoms with van der Waals surface area (Å²) in [6.07, 6.45) is 7.47. The van der Waals surface area contributed by atoms with Gasteiger partial charge in [-0.25, -0.2) is 4.79 Å². The molecule has 2 saturated heterocycles. The second-order valence-electron chi connectivity index (χ2n) is 7.73. The molecule has 3 rings (SSSR count). The molecule has 3 aliphatic rings. The van der Waals surface area contributed by atoms with Crippen molar-refractivity contribution in [1.29, 1.82) is 0 Å². The van der Waals surface area contributed by atoms with Gasteiger partial charge >= 0.3 is 5.97 Å². The number of carbonyl (C=O) groups is 1. The Labute approximate surface area is 149 Å². The van der Waals surface area contributed by atoms with Gasteiger partial charge < -0.3 is 19.7 Å². The van der Waals surface area contributed by atoms with Gasteiger partial charge in [-0.2, -0.15) is 0 Å². The molecule has 0 aromatic carbocycles. The van der Waals surface area contributed by atoms with Gasteiger partial charge in [-0.05, 0) is 46.0 Å². The average molecular weight is 348 g/mol. The summed E-state index contributed by atoms with van der Waals surface area (Å²) >= 11 is 0. The Kier molecular flexibility index (Phi) is 4.93. The minimum absolute atomic E-state index is 0.251. The molecular weight excluding hydrogens is 320 g/mol. The molecule has 0 saturated carbocycles. The fourth-order valence-corrected chi connectivity index (χ4v) is 4.29. The van der Waals surface area contributed by atoms with Gasteiger partial charge in [0.1, 0.15) is 11.7 Å². The van der Waals surface area contributed by atoms with Gasteiger partial charge in [0.25, 0.3) is 0 Å². The summed E-state index contributed by atoms with van der Waals surface area (Å²) in [7, 11) is 0. The van der Waals surface area contributed by atoms with E-state index in [1.54, 1.807) is 0 Å². The molecule has 138 valence electrons. The number of rotatable bonds is 1. The Hall–Kier alpha value is -1.43. The molecule has 3 aliphatic heterocycles. The highest BCUT2D eigenvalue weighted by Gasteiger charge is 2.60. The molecular formula is C20H28O5. The van der Waals surface area contributed by atoms with E-state index in [0.29, 0.717) is 25.7 Å². The summed E-state index contributed by atoms with van der Waals surface area (Å²) in [4.78, 5) is 12.3. The summed E-state index contributed by atoms with van der Waals surface area (Å²) in [6, 6.07) is 0. The highest BCUT2D eigenvalue weighted by molar-refractivity contribution is 5.89. The van der Waals surface area contributed by atoms with Crippen molar-refractivity contribution in [3.8, 4) is 0 Å². The fraction of sp³-hybridized carbons (Fsp3) is 0.650. The number of hydrogen-bond donors (Lipinski definition) is 2. The third kappa shape index (κ3) is 3.33. The minimum Gasteiger partial charge on any atom is -0.456 e. The van der Waals surface area contributed by atoms with Crippen LogP contribution in [0.1, 0.15) is 52.4 Å². The van der Waals surface area contributed by atoms with Gasteiger partial charge in [-0.15, -0.1) is 0 Å². The second kappa shape index (κ2) is 6.71. The van der Waals surface area contributed by atoms with E-state index in [0.717, 1.165) is 18.4 Å². The minimum atomic E-state index is -1.55. The van der Waals surface area contributed by atoms with Gasteiger partial charge in [0.15, 0.2) is 5.79 Å². The molecule has 0 aromatic rings. The van der Waals surface area contributed by atoms with Crippen LogP contribution in [0.15, 0.2) is 35.5 Å². The highest BCUT2D eigenvalue weighted by atomic mass is 16.7. The number of carbonyl (C=O) groups excluding carboxylic acids is 1. The molecule has 0 unspecified atom stereocenters. The van der Waals surface area contributed by atoms with Crippen LogP contribution in [-0.2, 0) is 14.3 Å². The third-order valence-corrected chi connectivity index (χ3v) is 5.78. The predicted octanol–water partition coefficient (Wildman–Crippen LogP) is 2.78. The zero-order valence-corrected chi connectivity index (χ0v) is 15.1. The lowest BCUT2D eigenvalue weighted by molar-refractivity contribution is -0.351. The zero-order valence-electron chi connectivity index (χ0n) is 15.1. The summed E-state index contributed by atoms with van der Waals surface area (Å²) in [5, 5.41) is 21.5. The van der Waals surface area contributed by atoms with E-state index >= 15 is 0 Å². The number of esters is 1. The Balaban J connectivity index is 2.03. The summed E-state index contributed by atoms with van der Waals surface area (Å²) in [6.45, 7) is 7.57. The van der Waals surface area contributed by atoms with Crippen LogP contribution in [-0.4, -0.2) is 40.3 Å². The van der Waals surface area contributed by atoms with Gasteiger partial charge in [-0.3, -0.25) is 0 Å². The zero-order chi connectivity index (χ0) is 18.2. The predicted molar refractivity (Wildman–Crippen MR) is 93.6 cm³/mol. The lowest BCUT2D eigenvalue weighted by Gasteiger charge is -2.55. The lowest BCUT2D eigenvalue weighted by Crippen LogP contribution is -2.66. The highest BCUT2D eigenvalue weighted by Crippen LogP contribution is 2.50. The second-order valence-corrected chi connectivity index (χ2v) is 7.73.